The van der Waals surface area contributed by atoms with Crippen molar-refractivity contribution in [3.05, 3.63) is 57.3 Å². The third kappa shape index (κ3) is 2.62. The molecule has 2 aromatic rings. The lowest BCUT2D eigenvalue weighted by atomic mass is 9.94. The van der Waals surface area contributed by atoms with Gasteiger partial charge in [-0.3, -0.25) is 0 Å². The van der Waals surface area contributed by atoms with E-state index in [-0.39, 0.29) is 11.9 Å². The maximum Gasteiger partial charge on any atom is 0.128 e. The van der Waals surface area contributed by atoms with Crippen molar-refractivity contribution in [3.8, 4) is 5.75 Å². The molecule has 2 aromatic carbocycles. The molecule has 0 amide bonds. The summed E-state index contributed by atoms with van der Waals surface area (Å²) in [4.78, 5) is 0. The van der Waals surface area contributed by atoms with E-state index in [2.05, 4.69) is 21.2 Å². The smallest absolute Gasteiger partial charge is 0.128 e. The first kappa shape index (κ1) is 14.7. The maximum absolute atomic E-state index is 13.3. The molecule has 0 saturated carbocycles. The van der Waals surface area contributed by atoms with E-state index in [9.17, 15) is 4.39 Å². The summed E-state index contributed by atoms with van der Waals surface area (Å²) < 4.78 is 19.9. The highest BCUT2D eigenvalue weighted by atomic mass is 79.9. The Bertz CT molecular complexity index is 681. The summed E-state index contributed by atoms with van der Waals surface area (Å²) in [5, 5.41) is 3.72. The summed E-state index contributed by atoms with van der Waals surface area (Å²) in [7, 11) is 0. The Labute approximate surface area is 136 Å². The molecule has 1 heterocycles. The van der Waals surface area contributed by atoms with Crippen molar-refractivity contribution < 1.29 is 9.13 Å². The number of anilines is 1. The van der Waals surface area contributed by atoms with Crippen LogP contribution in [0.3, 0.4) is 0 Å². The van der Waals surface area contributed by atoms with Crippen molar-refractivity contribution in [1.82, 2.24) is 0 Å². The van der Waals surface area contributed by atoms with Crippen LogP contribution in [-0.4, -0.2) is 5.60 Å². The van der Waals surface area contributed by atoms with Crippen LogP contribution in [-0.2, 0) is 0 Å². The standard InChI is InChI=1S/C16H14BrClFNO/c1-16(2)15(10-5-3-4-6-13(10)21-16)20-14-11(17)7-9(19)8-12(14)18/h3-8,15,20H,1-2H3. The van der Waals surface area contributed by atoms with Crippen LogP contribution in [0.4, 0.5) is 10.1 Å². The van der Waals surface area contributed by atoms with Gasteiger partial charge in [-0.2, -0.15) is 0 Å². The molecule has 0 saturated heterocycles. The fraction of sp³-hybridized carbons (Fsp3) is 0.250. The molecule has 0 aromatic heterocycles. The van der Waals surface area contributed by atoms with Crippen LogP contribution in [0.15, 0.2) is 40.9 Å². The van der Waals surface area contributed by atoms with Crippen molar-refractivity contribution in [2.45, 2.75) is 25.5 Å². The number of fused-ring (bicyclic) bond motifs is 1. The summed E-state index contributed by atoms with van der Waals surface area (Å²) in [6.45, 7) is 4.02. The summed E-state index contributed by atoms with van der Waals surface area (Å²) in [6.07, 6.45) is 0. The van der Waals surface area contributed by atoms with E-state index in [1.807, 2.05) is 38.1 Å². The minimum Gasteiger partial charge on any atom is -0.485 e. The lowest BCUT2D eigenvalue weighted by molar-refractivity contribution is 0.118. The zero-order valence-corrected chi connectivity index (χ0v) is 13.9. The molecule has 1 N–H and O–H groups in total. The van der Waals surface area contributed by atoms with E-state index in [1.165, 1.54) is 12.1 Å². The van der Waals surface area contributed by atoms with Gasteiger partial charge in [-0.1, -0.05) is 29.8 Å². The molecule has 2 nitrogen and oxygen atoms in total. The third-order valence-electron chi connectivity index (χ3n) is 3.59. The van der Waals surface area contributed by atoms with E-state index < -0.39 is 5.60 Å². The van der Waals surface area contributed by atoms with Crippen LogP contribution in [0.1, 0.15) is 25.5 Å². The number of hydrogen-bond acceptors (Lipinski definition) is 2. The highest BCUT2D eigenvalue weighted by molar-refractivity contribution is 9.10. The second kappa shape index (κ2) is 5.18. The second-order valence-electron chi connectivity index (χ2n) is 5.57. The van der Waals surface area contributed by atoms with Gasteiger partial charge in [0.05, 0.1) is 16.8 Å². The predicted molar refractivity (Wildman–Crippen MR) is 86.6 cm³/mol. The quantitative estimate of drug-likeness (QED) is 0.746. The van der Waals surface area contributed by atoms with Crippen LogP contribution in [0.2, 0.25) is 5.02 Å². The van der Waals surface area contributed by atoms with Crippen LogP contribution < -0.4 is 10.1 Å². The van der Waals surface area contributed by atoms with Gasteiger partial charge in [0, 0.05) is 10.0 Å². The Hall–Kier alpha value is -1.26. The number of rotatable bonds is 2. The summed E-state index contributed by atoms with van der Waals surface area (Å²) in [6, 6.07) is 10.5. The molecule has 0 spiro atoms. The van der Waals surface area contributed by atoms with Gasteiger partial charge in [0.25, 0.3) is 0 Å². The average Bonchev–Trinajstić information content (AvgIpc) is 2.63. The molecule has 0 fully saturated rings. The number of nitrogens with one attached hydrogen (secondary N) is 1. The lowest BCUT2D eigenvalue weighted by Gasteiger charge is -2.28. The topological polar surface area (TPSA) is 21.3 Å². The Balaban J connectivity index is 2.02. The molecular weight excluding hydrogens is 357 g/mol. The van der Waals surface area contributed by atoms with Crippen LogP contribution in [0.25, 0.3) is 0 Å². The molecular formula is C16H14BrClFNO. The van der Waals surface area contributed by atoms with Crippen LogP contribution >= 0.6 is 27.5 Å². The molecule has 1 atom stereocenters. The van der Waals surface area contributed by atoms with E-state index in [0.29, 0.717) is 15.2 Å². The first-order valence-electron chi connectivity index (χ1n) is 6.57. The molecule has 110 valence electrons. The van der Waals surface area contributed by atoms with Gasteiger partial charge in [-0.05, 0) is 48.0 Å². The van der Waals surface area contributed by atoms with Crippen molar-refractivity contribution in [1.29, 1.82) is 0 Å². The van der Waals surface area contributed by atoms with Gasteiger partial charge in [-0.25, -0.2) is 4.39 Å². The SMILES string of the molecule is CC1(C)Oc2ccccc2C1Nc1c(Cl)cc(F)cc1Br. The van der Waals surface area contributed by atoms with Gasteiger partial charge in [-0.15, -0.1) is 0 Å². The zero-order valence-electron chi connectivity index (χ0n) is 11.6. The van der Waals surface area contributed by atoms with Crippen molar-refractivity contribution >= 4 is 33.2 Å². The molecule has 0 radical (unpaired) electrons. The molecule has 0 bridgehead atoms. The molecule has 21 heavy (non-hydrogen) atoms. The molecule has 5 heteroatoms. The van der Waals surface area contributed by atoms with Crippen molar-refractivity contribution in [2.24, 2.45) is 0 Å². The third-order valence-corrected chi connectivity index (χ3v) is 4.52. The normalized spacial score (nSPS) is 19.0. The minimum absolute atomic E-state index is 0.0760. The molecule has 1 aliphatic rings. The van der Waals surface area contributed by atoms with Gasteiger partial charge >= 0.3 is 0 Å². The average molecular weight is 371 g/mol. The molecule has 0 aliphatic carbocycles. The van der Waals surface area contributed by atoms with Crippen LogP contribution in [0, 0.1) is 5.82 Å². The first-order valence-corrected chi connectivity index (χ1v) is 7.74. The minimum atomic E-state index is -0.430. The van der Waals surface area contributed by atoms with Crippen LogP contribution in [0.5, 0.6) is 5.75 Å². The van der Waals surface area contributed by atoms with Gasteiger partial charge in [0.1, 0.15) is 17.2 Å². The number of benzene rings is 2. The van der Waals surface area contributed by atoms with E-state index in [4.69, 9.17) is 16.3 Å². The maximum atomic E-state index is 13.3. The van der Waals surface area contributed by atoms with Gasteiger partial charge < -0.3 is 10.1 Å². The van der Waals surface area contributed by atoms with Crippen molar-refractivity contribution in [2.75, 3.05) is 5.32 Å². The van der Waals surface area contributed by atoms with Gasteiger partial charge in [0.2, 0.25) is 0 Å². The summed E-state index contributed by atoms with van der Waals surface area (Å²) >= 11 is 9.52. The van der Waals surface area contributed by atoms with E-state index in [0.717, 1.165) is 11.3 Å². The number of ether oxygens (including phenoxy) is 1. The Morgan fingerprint density at radius 2 is 2.00 bits per heavy atom. The van der Waals surface area contributed by atoms with Gasteiger partial charge in [0.15, 0.2) is 0 Å². The predicted octanol–water partition coefficient (Wildman–Crippen LogP) is 5.57. The summed E-state index contributed by atoms with van der Waals surface area (Å²) in [5.74, 6) is 0.481. The fourth-order valence-corrected chi connectivity index (χ4v) is 3.53. The fourth-order valence-electron chi connectivity index (χ4n) is 2.60. The molecule has 3 rings (SSSR count). The summed E-state index contributed by atoms with van der Waals surface area (Å²) in [5.41, 5.74) is 1.30. The lowest BCUT2D eigenvalue weighted by Crippen LogP contribution is -2.34. The second-order valence-corrected chi connectivity index (χ2v) is 6.83. The molecule has 1 unspecified atom stereocenters. The Morgan fingerprint density at radius 3 is 2.71 bits per heavy atom. The van der Waals surface area contributed by atoms with E-state index in [1.54, 1.807) is 0 Å². The zero-order chi connectivity index (χ0) is 15.2. The largest absolute Gasteiger partial charge is 0.485 e. The highest BCUT2D eigenvalue weighted by Crippen LogP contribution is 2.46. The number of halogens is 3. The number of para-hydroxylation sites is 1. The van der Waals surface area contributed by atoms with Crippen molar-refractivity contribution in [3.63, 3.8) is 0 Å². The molecule has 1 aliphatic heterocycles. The number of hydrogen-bond donors (Lipinski definition) is 1. The monoisotopic (exact) mass is 369 g/mol. The highest BCUT2D eigenvalue weighted by Gasteiger charge is 2.41. The van der Waals surface area contributed by atoms with E-state index >= 15 is 0 Å². The Morgan fingerprint density at radius 1 is 1.29 bits per heavy atom. The Kier molecular flexibility index (Phi) is 3.62. The first-order chi connectivity index (χ1) is 9.88.